The quantitative estimate of drug-likeness (QED) is 0.807. The van der Waals surface area contributed by atoms with Crippen molar-refractivity contribution in [3.63, 3.8) is 0 Å². The van der Waals surface area contributed by atoms with Gasteiger partial charge in [-0.25, -0.2) is 9.97 Å². The number of nitrogens with one attached hydrogen (secondary N) is 1. The Bertz CT molecular complexity index is 367. The molecular formula is C9H13BrN4O. The number of nitrogens with two attached hydrogens (primary N) is 1. The Morgan fingerprint density at radius 1 is 1.60 bits per heavy atom. The Morgan fingerprint density at radius 3 is 2.80 bits per heavy atom. The Balaban J connectivity index is 2.61. The van der Waals surface area contributed by atoms with Gasteiger partial charge in [-0.3, -0.25) is 4.79 Å². The number of amides is 1. The van der Waals surface area contributed by atoms with Crippen molar-refractivity contribution < 1.29 is 4.79 Å². The number of halogens is 1. The van der Waals surface area contributed by atoms with Crippen LogP contribution in [0.15, 0.2) is 17.0 Å². The Morgan fingerprint density at radius 2 is 2.27 bits per heavy atom. The van der Waals surface area contributed by atoms with E-state index in [9.17, 15) is 4.79 Å². The highest BCUT2D eigenvalue weighted by Crippen LogP contribution is 2.16. The second-order valence-electron chi connectivity index (χ2n) is 3.83. The summed E-state index contributed by atoms with van der Waals surface area (Å²) in [6.07, 6.45) is 1.43. The molecule has 0 aliphatic heterocycles. The number of primary amides is 1. The van der Waals surface area contributed by atoms with Crippen LogP contribution in [0.25, 0.3) is 0 Å². The lowest BCUT2D eigenvalue weighted by Gasteiger charge is -2.20. The van der Waals surface area contributed by atoms with Crippen molar-refractivity contribution in [1.82, 2.24) is 9.97 Å². The van der Waals surface area contributed by atoms with Crippen LogP contribution in [0.4, 0.5) is 5.82 Å². The van der Waals surface area contributed by atoms with Crippen molar-refractivity contribution in [3.05, 3.63) is 17.0 Å². The largest absolute Gasteiger partial charge is 0.369 e. The van der Waals surface area contributed by atoms with Crippen molar-refractivity contribution >= 4 is 27.7 Å². The lowest BCUT2D eigenvalue weighted by molar-refractivity contribution is -0.125. The summed E-state index contributed by atoms with van der Waals surface area (Å²) in [4.78, 5) is 18.9. The van der Waals surface area contributed by atoms with Crippen LogP contribution in [0.3, 0.4) is 0 Å². The maximum Gasteiger partial charge on any atom is 0.224 e. The number of anilines is 1. The molecule has 0 bridgehead atoms. The SMILES string of the molecule is CC(C)(CNc1cc(Br)ncn1)C(N)=O. The zero-order valence-corrected chi connectivity index (χ0v) is 10.2. The van der Waals surface area contributed by atoms with E-state index < -0.39 is 5.41 Å². The molecule has 0 fully saturated rings. The summed E-state index contributed by atoms with van der Waals surface area (Å²) >= 11 is 3.23. The van der Waals surface area contributed by atoms with Crippen LogP contribution in [-0.4, -0.2) is 22.4 Å². The van der Waals surface area contributed by atoms with Crippen LogP contribution in [0.5, 0.6) is 0 Å². The van der Waals surface area contributed by atoms with E-state index in [0.717, 1.165) is 0 Å². The van der Waals surface area contributed by atoms with E-state index in [-0.39, 0.29) is 5.91 Å². The molecule has 0 unspecified atom stereocenters. The summed E-state index contributed by atoms with van der Waals surface area (Å²) in [6.45, 7) is 3.99. The van der Waals surface area contributed by atoms with Gasteiger partial charge in [0.25, 0.3) is 0 Å². The van der Waals surface area contributed by atoms with Crippen molar-refractivity contribution in [2.24, 2.45) is 11.1 Å². The van der Waals surface area contributed by atoms with Crippen LogP contribution in [0.2, 0.25) is 0 Å². The van der Waals surface area contributed by atoms with Gasteiger partial charge >= 0.3 is 0 Å². The van der Waals surface area contributed by atoms with E-state index in [1.54, 1.807) is 19.9 Å². The average molecular weight is 273 g/mol. The molecule has 0 aromatic carbocycles. The zero-order valence-electron chi connectivity index (χ0n) is 8.62. The molecule has 3 N–H and O–H groups in total. The van der Waals surface area contributed by atoms with Crippen LogP contribution in [-0.2, 0) is 4.79 Å². The van der Waals surface area contributed by atoms with Crippen molar-refractivity contribution in [2.45, 2.75) is 13.8 Å². The highest BCUT2D eigenvalue weighted by atomic mass is 79.9. The molecule has 0 aliphatic carbocycles. The summed E-state index contributed by atoms with van der Waals surface area (Å²) < 4.78 is 0.692. The Kier molecular flexibility index (Phi) is 3.62. The van der Waals surface area contributed by atoms with Gasteiger partial charge in [0.05, 0.1) is 5.41 Å². The molecule has 1 heterocycles. The molecule has 1 aromatic rings. The van der Waals surface area contributed by atoms with Crippen LogP contribution in [0, 0.1) is 5.41 Å². The third-order valence-corrected chi connectivity index (χ3v) is 2.45. The van der Waals surface area contributed by atoms with Gasteiger partial charge < -0.3 is 11.1 Å². The van der Waals surface area contributed by atoms with E-state index in [1.807, 2.05) is 0 Å². The van der Waals surface area contributed by atoms with E-state index >= 15 is 0 Å². The van der Waals surface area contributed by atoms with Crippen LogP contribution < -0.4 is 11.1 Å². The first-order valence-corrected chi connectivity index (χ1v) is 5.22. The fraction of sp³-hybridized carbons (Fsp3) is 0.444. The monoisotopic (exact) mass is 272 g/mol. The summed E-state index contributed by atoms with van der Waals surface area (Å²) in [7, 11) is 0. The molecule has 1 aromatic heterocycles. The van der Waals surface area contributed by atoms with Crippen LogP contribution >= 0.6 is 15.9 Å². The van der Waals surface area contributed by atoms with Crippen molar-refractivity contribution in [3.8, 4) is 0 Å². The molecule has 0 saturated heterocycles. The van der Waals surface area contributed by atoms with E-state index in [1.165, 1.54) is 6.33 Å². The smallest absolute Gasteiger partial charge is 0.224 e. The predicted octanol–water partition coefficient (Wildman–Crippen LogP) is 1.16. The highest BCUT2D eigenvalue weighted by Gasteiger charge is 2.24. The van der Waals surface area contributed by atoms with Gasteiger partial charge in [-0.15, -0.1) is 0 Å². The summed E-state index contributed by atoms with van der Waals surface area (Å²) in [6, 6.07) is 1.73. The summed E-state index contributed by atoms with van der Waals surface area (Å²) in [5.74, 6) is 0.314. The Labute approximate surface area is 96.6 Å². The number of nitrogens with zero attached hydrogens (tertiary/aromatic N) is 2. The summed E-state index contributed by atoms with van der Waals surface area (Å²) in [5, 5.41) is 3.03. The number of hydrogen-bond acceptors (Lipinski definition) is 4. The lowest BCUT2D eigenvalue weighted by atomic mass is 9.93. The molecule has 0 spiro atoms. The third-order valence-electron chi connectivity index (χ3n) is 2.01. The number of carbonyl (C=O) groups is 1. The molecule has 0 atom stereocenters. The predicted molar refractivity (Wildman–Crippen MR) is 61.2 cm³/mol. The molecule has 1 rings (SSSR count). The minimum absolute atomic E-state index is 0.344. The maximum atomic E-state index is 11.0. The Hall–Kier alpha value is -1.17. The minimum atomic E-state index is -0.600. The second-order valence-corrected chi connectivity index (χ2v) is 4.64. The van der Waals surface area contributed by atoms with Crippen LogP contribution in [0.1, 0.15) is 13.8 Å². The first-order valence-electron chi connectivity index (χ1n) is 4.43. The van der Waals surface area contributed by atoms with Gasteiger partial charge in [0.1, 0.15) is 16.7 Å². The molecule has 0 saturated carbocycles. The second kappa shape index (κ2) is 4.57. The van der Waals surface area contributed by atoms with E-state index in [4.69, 9.17) is 5.73 Å². The number of aromatic nitrogens is 2. The van der Waals surface area contributed by atoms with Gasteiger partial charge in [0.2, 0.25) is 5.91 Å². The molecule has 0 aliphatic rings. The van der Waals surface area contributed by atoms with E-state index in [0.29, 0.717) is 17.0 Å². The first kappa shape index (κ1) is 11.9. The third kappa shape index (κ3) is 3.47. The average Bonchev–Trinajstić information content (AvgIpc) is 2.15. The van der Waals surface area contributed by atoms with E-state index in [2.05, 4.69) is 31.2 Å². The standard InChI is InChI=1S/C9H13BrN4O/c1-9(2,8(11)15)4-12-7-3-6(10)13-5-14-7/h3,5H,4H2,1-2H3,(H2,11,15)(H,12,13,14). The maximum absolute atomic E-state index is 11.0. The first-order chi connectivity index (χ1) is 6.92. The highest BCUT2D eigenvalue weighted by molar-refractivity contribution is 9.10. The van der Waals surface area contributed by atoms with Gasteiger partial charge in [0, 0.05) is 12.6 Å². The number of carbonyl (C=O) groups excluding carboxylic acids is 1. The molecule has 5 nitrogen and oxygen atoms in total. The molecule has 6 heteroatoms. The van der Waals surface area contributed by atoms with Crippen molar-refractivity contribution in [2.75, 3.05) is 11.9 Å². The fourth-order valence-electron chi connectivity index (χ4n) is 0.829. The molecule has 0 radical (unpaired) electrons. The number of rotatable bonds is 4. The number of hydrogen-bond donors (Lipinski definition) is 2. The molecule has 82 valence electrons. The minimum Gasteiger partial charge on any atom is -0.369 e. The van der Waals surface area contributed by atoms with Gasteiger partial charge in [0.15, 0.2) is 0 Å². The van der Waals surface area contributed by atoms with Gasteiger partial charge in [-0.05, 0) is 29.8 Å². The topological polar surface area (TPSA) is 80.9 Å². The normalized spacial score (nSPS) is 11.1. The van der Waals surface area contributed by atoms with Gasteiger partial charge in [-0.2, -0.15) is 0 Å². The molecular weight excluding hydrogens is 260 g/mol. The molecule has 15 heavy (non-hydrogen) atoms. The van der Waals surface area contributed by atoms with Gasteiger partial charge in [-0.1, -0.05) is 0 Å². The fourth-order valence-corrected chi connectivity index (χ4v) is 1.14. The zero-order chi connectivity index (χ0) is 11.5. The summed E-state index contributed by atoms with van der Waals surface area (Å²) in [5.41, 5.74) is 4.64. The van der Waals surface area contributed by atoms with Crippen molar-refractivity contribution in [1.29, 1.82) is 0 Å². The molecule has 1 amide bonds. The lowest BCUT2D eigenvalue weighted by Crippen LogP contribution is -2.37.